The van der Waals surface area contributed by atoms with E-state index in [1.54, 1.807) is 0 Å². The molecule has 0 unspecified atom stereocenters. The number of aryl methyl sites for hydroxylation is 2. The number of hydrogen-bond donors (Lipinski definition) is 0. The summed E-state index contributed by atoms with van der Waals surface area (Å²) in [6.07, 6.45) is 0. The van der Waals surface area contributed by atoms with Crippen molar-refractivity contribution < 1.29 is 0 Å². The zero-order valence-corrected chi connectivity index (χ0v) is 15.0. The smallest absolute Gasteiger partial charge is 0.200 e. The molecule has 0 spiro atoms. The average molecular weight is 311 g/mol. The zero-order valence-electron chi connectivity index (χ0n) is 14.2. The third-order valence-electron chi connectivity index (χ3n) is 4.28. The fourth-order valence-corrected chi connectivity index (χ4v) is 4.34. The topological polar surface area (TPSA) is 6.25 Å². The predicted molar refractivity (Wildman–Crippen MR) is 99.4 cm³/mol. The van der Waals surface area contributed by atoms with Crippen molar-refractivity contribution in [1.29, 1.82) is 0 Å². The maximum Gasteiger partial charge on any atom is 0.200 e. The molecule has 0 saturated carbocycles. The van der Waals surface area contributed by atoms with Crippen LogP contribution in [-0.4, -0.2) is 28.2 Å². The van der Waals surface area contributed by atoms with Crippen LogP contribution in [0.2, 0.25) is 0 Å². The monoisotopic (exact) mass is 311 g/mol. The highest BCUT2D eigenvalue weighted by Gasteiger charge is 2.14. The minimum Gasteiger partial charge on any atom is -0.378 e. The van der Waals surface area contributed by atoms with Gasteiger partial charge in [0.1, 0.15) is 14.1 Å². The fraction of sp³-hybridized carbons (Fsp3) is 0.316. The summed E-state index contributed by atoms with van der Waals surface area (Å²) in [6, 6.07) is 11.3. The van der Waals surface area contributed by atoms with Crippen LogP contribution in [0.1, 0.15) is 11.1 Å². The van der Waals surface area contributed by atoms with Gasteiger partial charge in [-0.05, 0) is 54.1 Å². The number of anilines is 1. The summed E-state index contributed by atoms with van der Waals surface area (Å²) in [5, 5.41) is 2.66. The Kier molecular flexibility index (Phi) is 3.69. The molecule has 3 heteroatoms. The fourth-order valence-electron chi connectivity index (χ4n) is 2.99. The summed E-state index contributed by atoms with van der Waals surface area (Å²) in [5.74, 6) is 0. The SMILES string of the molecule is Cc1cc(N(C)C)cc2sc3cc(=[N+](C)C)ccc-3c(C)c12. The van der Waals surface area contributed by atoms with Crippen LogP contribution in [0.25, 0.3) is 20.5 Å². The Morgan fingerprint density at radius 1 is 1.00 bits per heavy atom. The summed E-state index contributed by atoms with van der Waals surface area (Å²) in [4.78, 5) is 3.53. The highest BCUT2D eigenvalue weighted by Crippen LogP contribution is 2.39. The molecule has 0 aromatic heterocycles. The van der Waals surface area contributed by atoms with Crippen molar-refractivity contribution in [3.63, 3.8) is 0 Å². The van der Waals surface area contributed by atoms with E-state index in [-0.39, 0.29) is 0 Å². The van der Waals surface area contributed by atoms with Gasteiger partial charge in [0.25, 0.3) is 0 Å². The van der Waals surface area contributed by atoms with Crippen LogP contribution < -0.4 is 14.8 Å². The largest absolute Gasteiger partial charge is 0.378 e. The quantitative estimate of drug-likeness (QED) is 0.490. The van der Waals surface area contributed by atoms with Crippen LogP contribution in [0.15, 0.2) is 30.3 Å². The van der Waals surface area contributed by atoms with Crippen molar-refractivity contribution in [1.82, 2.24) is 4.58 Å². The first-order valence-electron chi connectivity index (χ1n) is 7.54. The maximum absolute atomic E-state index is 2.31. The van der Waals surface area contributed by atoms with Crippen LogP contribution >= 0.6 is 11.3 Å². The van der Waals surface area contributed by atoms with Crippen molar-refractivity contribution in [3.8, 4) is 10.4 Å². The van der Waals surface area contributed by atoms with Gasteiger partial charge in [-0.2, -0.15) is 0 Å². The summed E-state index contributed by atoms with van der Waals surface area (Å²) in [7, 11) is 8.38. The number of fused-ring (bicyclic) bond motifs is 2. The third kappa shape index (κ3) is 2.40. The second-order valence-electron chi connectivity index (χ2n) is 6.33. The second-order valence-corrected chi connectivity index (χ2v) is 7.42. The zero-order chi connectivity index (χ0) is 16.0. The van der Waals surface area contributed by atoms with Gasteiger partial charge < -0.3 is 4.90 Å². The van der Waals surface area contributed by atoms with Crippen molar-refractivity contribution >= 4 is 27.1 Å². The normalized spacial score (nSPS) is 11.2. The molecule has 0 saturated heterocycles. The Morgan fingerprint density at radius 2 is 1.73 bits per heavy atom. The number of rotatable bonds is 1. The number of benzene rings is 2. The van der Waals surface area contributed by atoms with Gasteiger partial charge in [-0.15, -0.1) is 11.3 Å². The van der Waals surface area contributed by atoms with E-state index in [2.05, 4.69) is 81.8 Å². The van der Waals surface area contributed by atoms with Gasteiger partial charge in [-0.3, -0.25) is 0 Å². The second kappa shape index (κ2) is 5.40. The van der Waals surface area contributed by atoms with Crippen molar-refractivity contribution in [2.75, 3.05) is 33.1 Å². The van der Waals surface area contributed by atoms with Gasteiger partial charge in [0, 0.05) is 41.5 Å². The molecule has 2 aliphatic rings. The average Bonchev–Trinajstić information content (AvgIpc) is 2.45. The molecule has 0 N–H and O–H groups in total. The highest BCUT2D eigenvalue weighted by atomic mass is 32.1. The summed E-state index contributed by atoms with van der Waals surface area (Å²) >= 11 is 1.89. The molecule has 114 valence electrons. The first-order valence-corrected chi connectivity index (χ1v) is 8.35. The Hall–Kier alpha value is -1.87. The van der Waals surface area contributed by atoms with Gasteiger partial charge in [-0.25, -0.2) is 4.58 Å². The molecule has 0 amide bonds. The lowest BCUT2D eigenvalue weighted by molar-refractivity contribution is 0.814. The summed E-state index contributed by atoms with van der Waals surface area (Å²) < 4.78 is 3.53. The van der Waals surface area contributed by atoms with Gasteiger partial charge in [-0.1, -0.05) is 0 Å². The molecule has 1 aliphatic heterocycles. The minimum atomic E-state index is 1.25. The standard InChI is InChI=1S/C19H23N2S/c1-12-9-15(21(5)6)11-18-19(12)13(2)16-8-7-14(20(3)4)10-17(16)22-18/h7-11H,1-6H3/q+1. The van der Waals surface area contributed by atoms with E-state index in [1.807, 2.05) is 11.3 Å². The molecule has 2 nitrogen and oxygen atoms in total. The number of hydrogen-bond acceptors (Lipinski definition) is 2. The van der Waals surface area contributed by atoms with Crippen LogP contribution in [0.5, 0.6) is 0 Å². The summed E-state index contributed by atoms with van der Waals surface area (Å²) in [5.41, 5.74) is 5.37. The molecule has 1 aliphatic carbocycles. The summed E-state index contributed by atoms with van der Waals surface area (Å²) in [6.45, 7) is 4.46. The van der Waals surface area contributed by atoms with Crippen molar-refractivity contribution in [2.24, 2.45) is 0 Å². The number of nitrogens with zero attached hydrogens (tertiary/aromatic N) is 2. The first kappa shape index (κ1) is 15.0. The molecule has 1 aromatic rings. The predicted octanol–water partition coefficient (Wildman–Crippen LogP) is 3.72. The Morgan fingerprint density at radius 3 is 2.36 bits per heavy atom. The lowest BCUT2D eigenvalue weighted by Crippen LogP contribution is -2.21. The lowest BCUT2D eigenvalue weighted by Gasteiger charge is -2.18. The molecule has 0 fully saturated rings. The molecular formula is C19H23N2S+. The van der Waals surface area contributed by atoms with Crippen molar-refractivity contribution in [2.45, 2.75) is 13.8 Å². The van der Waals surface area contributed by atoms with E-state index in [0.29, 0.717) is 0 Å². The molecule has 1 heterocycles. The Balaban J connectivity index is 2.45. The van der Waals surface area contributed by atoms with Crippen molar-refractivity contribution in [3.05, 3.63) is 46.8 Å². The Labute approximate surface area is 136 Å². The van der Waals surface area contributed by atoms with E-state index < -0.39 is 0 Å². The van der Waals surface area contributed by atoms with Gasteiger partial charge >= 0.3 is 0 Å². The molecule has 0 atom stereocenters. The van der Waals surface area contributed by atoms with Gasteiger partial charge in [0.05, 0.1) is 0 Å². The van der Waals surface area contributed by atoms with Crippen LogP contribution in [-0.2, 0) is 0 Å². The molecule has 1 aromatic carbocycles. The van der Waals surface area contributed by atoms with Gasteiger partial charge in [0.2, 0.25) is 5.36 Å². The van der Waals surface area contributed by atoms with Crippen LogP contribution in [0, 0.1) is 13.8 Å². The first-order chi connectivity index (χ1) is 10.4. The maximum atomic E-state index is 2.31. The third-order valence-corrected chi connectivity index (χ3v) is 5.38. The van der Waals surface area contributed by atoms with Crippen LogP contribution in [0.3, 0.4) is 0 Å². The molecule has 0 bridgehead atoms. The molecule has 22 heavy (non-hydrogen) atoms. The molecule has 3 rings (SSSR count). The minimum absolute atomic E-state index is 1.25. The Bertz CT molecular complexity index is 899. The molecule has 0 radical (unpaired) electrons. The van der Waals surface area contributed by atoms with Crippen LogP contribution in [0.4, 0.5) is 5.69 Å². The van der Waals surface area contributed by atoms with E-state index in [9.17, 15) is 0 Å². The van der Waals surface area contributed by atoms with Gasteiger partial charge in [0.15, 0.2) is 0 Å². The van der Waals surface area contributed by atoms with E-state index in [1.165, 1.54) is 42.7 Å². The van der Waals surface area contributed by atoms with E-state index >= 15 is 0 Å². The van der Waals surface area contributed by atoms with E-state index in [4.69, 9.17) is 0 Å². The van der Waals surface area contributed by atoms with E-state index in [0.717, 1.165) is 0 Å². The lowest BCUT2D eigenvalue weighted by atomic mass is 10.00. The molecular weight excluding hydrogens is 288 g/mol. The highest BCUT2D eigenvalue weighted by molar-refractivity contribution is 7.21.